The number of hydrogen-bond donors (Lipinski definition) is 0. The molecule has 0 fully saturated rings. The van der Waals surface area contributed by atoms with Crippen LogP contribution in [0.1, 0.15) is 13.3 Å². The summed E-state index contributed by atoms with van der Waals surface area (Å²) >= 11 is 0. The van der Waals surface area contributed by atoms with E-state index in [-0.39, 0.29) is 13.2 Å². The summed E-state index contributed by atoms with van der Waals surface area (Å²) in [4.78, 5) is 10.8. The fourth-order valence-corrected chi connectivity index (χ4v) is 0.680. The zero-order valence-corrected chi connectivity index (χ0v) is 8.78. The second-order valence-corrected chi connectivity index (χ2v) is 2.55. The van der Waals surface area contributed by atoms with Crippen molar-refractivity contribution in [3.63, 3.8) is 0 Å². The van der Waals surface area contributed by atoms with E-state index in [1.165, 1.54) is 7.11 Å². The van der Waals surface area contributed by atoms with Gasteiger partial charge >= 0.3 is 6.16 Å². The first-order valence-electron chi connectivity index (χ1n) is 4.67. The lowest BCUT2D eigenvalue weighted by molar-refractivity contribution is 0.0165. The van der Waals surface area contributed by atoms with E-state index in [1.54, 1.807) is 0 Å². The predicted octanol–water partition coefficient (Wildman–Crippen LogP) is 1.21. The summed E-state index contributed by atoms with van der Waals surface area (Å²) in [7, 11) is 1.54. The predicted molar refractivity (Wildman–Crippen MR) is 50.3 cm³/mol. The molecule has 0 atom stereocenters. The molecule has 0 aromatic carbocycles. The van der Waals surface area contributed by atoms with Gasteiger partial charge in [0.1, 0.15) is 13.2 Å². The van der Waals surface area contributed by atoms with Gasteiger partial charge in [0.15, 0.2) is 0 Å². The van der Waals surface area contributed by atoms with Crippen molar-refractivity contribution in [1.29, 1.82) is 0 Å². The Morgan fingerprint density at radius 1 is 1.00 bits per heavy atom. The van der Waals surface area contributed by atoms with E-state index >= 15 is 0 Å². The Hall–Kier alpha value is -0.810. The molecule has 0 aliphatic carbocycles. The molecule has 0 radical (unpaired) electrons. The molecule has 0 spiro atoms. The average molecular weight is 206 g/mol. The molecule has 0 saturated heterocycles. The lowest BCUT2D eigenvalue weighted by Crippen LogP contribution is -2.14. The summed E-state index contributed by atoms with van der Waals surface area (Å²) < 4.78 is 19.1. The van der Waals surface area contributed by atoms with Crippen LogP contribution >= 0.6 is 0 Å². The summed E-state index contributed by atoms with van der Waals surface area (Å²) in [5, 5.41) is 0. The van der Waals surface area contributed by atoms with Gasteiger partial charge in [-0.25, -0.2) is 4.79 Å². The zero-order chi connectivity index (χ0) is 10.6. The van der Waals surface area contributed by atoms with Crippen LogP contribution in [0.4, 0.5) is 4.79 Å². The third-order valence-electron chi connectivity index (χ3n) is 1.30. The highest BCUT2D eigenvalue weighted by molar-refractivity contribution is 5.59. The molecule has 5 nitrogen and oxygen atoms in total. The van der Waals surface area contributed by atoms with E-state index in [0.717, 1.165) is 6.42 Å². The standard InChI is InChI=1S/C9H18O5/c1-3-4-12-6-8-14-9(10)13-7-5-11-2/h3-8H2,1-2H3. The monoisotopic (exact) mass is 206 g/mol. The van der Waals surface area contributed by atoms with Crippen molar-refractivity contribution in [2.24, 2.45) is 0 Å². The minimum atomic E-state index is -0.679. The van der Waals surface area contributed by atoms with Crippen LogP contribution in [0.3, 0.4) is 0 Å². The summed E-state index contributed by atoms with van der Waals surface area (Å²) in [5.41, 5.74) is 0. The molecule has 0 aromatic heterocycles. The molecular formula is C9H18O5. The van der Waals surface area contributed by atoms with Crippen LogP contribution in [0.2, 0.25) is 0 Å². The van der Waals surface area contributed by atoms with Gasteiger partial charge in [-0.2, -0.15) is 0 Å². The van der Waals surface area contributed by atoms with Crippen molar-refractivity contribution in [2.75, 3.05) is 40.1 Å². The molecular weight excluding hydrogens is 188 g/mol. The Kier molecular flexibility index (Phi) is 9.68. The van der Waals surface area contributed by atoms with Crippen molar-refractivity contribution >= 4 is 6.16 Å². The SMILES string of the molecule is CCCOCCOC(=O)OCCOC. The number of rotatable bonds is 8. The average Bonchev–Trinajstić information content (AvgIpc) is 2.18. The summed E-state index contributed by atoms with van der Waals surface area (Å²) in [6, 6.07) is 0. The van der Waals surface area contributed by atoms with Crippen LogP contribution < -0.4 is 0 Å². The minimum absolute atomic E-state index is 0.213. The largest absolute Gasteiger partial charge is 0.508 e. The van der Waals surface area contributed by atoms with E-state index in [0.29, 0.717) is 19.8 Å². The van der Waals surface area contributed by atoms with E-state index in [1.807, 2.05) is 6.92 Å². The van der Waals surface area contributed by atoms with Crippen LogP contribution in [-0.2, 0) is 18.9 Å². The smallest absolute Gasteiger partial charge is 0.432 e. The number of carbonyl (C=O) groups is 1. The lowest BCUT2D eigenvalue weighted by Gasteiger charge is -2.05. The van der Waals surface area contributed by atoms with Crippen molar-refractivity contribution in [3.8, 4) is 0 Å². The van der Waals surface area contributed by atoms with E-state index in [4.69, 9.17) is 14.2 Å². The molecule has 0 saturated carbocycles. The molecule has 14 heavy (non-hydrogen) atoms. The van der Waals surface area contributed by atoms with Crippen LogP contribution in [0.15, 0.2) is 0 Å². The number of methoxy groups -OCH3 is 1. The highest BCUT2D eigenvalue weighted by Gasteiger charge is 2.01. The summed E-state index contributed by atoms with van der Waals surface area (Å²) in [5.74, 6) is 0. The Balaban J connectivity index is 3.10. The summed E-state index contributed by atoms with van der Waals surface area (Å²) in [6.45, 7) is 3.92. The Bertz CT molecular complexity index is 137. The third-order valence-corrected chi connectivity index (χ3v) is 1.30. The lowest BCUT2D eigenvalue weighted by atomic mass is 10.5. The number of ether oxygens (including phenoxy) is 4. The van der Waals surface area contributed by atoms with Gasteiger partial charge in [-0.1, -0.05) is 6.92 Å². The maximum Gasteiger partial charge on any atom is 0.508 e. The molecule has 0 N–H and O–H groups in total. The van der Waals surface area contributed by atoms with Gasteiger partial charge in [-0.3, -0.25) is 0 Å². The highest BCUT2D eigenvalue weighted by Crippen LogP contribution is 1.87. The highest BCUT2D eigenvalue weighted by atomic mass is 16.7. The van der Waals surface area contributed by atoms with Crippen molar-refractivity contribution in [1.82, 2.24) is 0 Å². The molecule has 0 unspecified atom stereocenters. The molecule has 0 aliphatic rings. The summed E-state index contributed by atoms with van der Waals surface area (Å²) in [6.07, 6.45) is 0.278. The molecule has 0 aliphatic heterocycles. The molecule has 0 amide bonds. The first-order chi connectivity index (χ1) is 6.81. The van der Waals surface area contributed by atoms with E-state index in [2.05, 4.69) is 4.74 Å². The van der Waals surface area contributed by atoms with Crippen LogP contribution in [-0.4, -0.2) is 46.3 Å². The second-order valence-electron chi connectivity index (χ2n) is 2.55. The molecule has 0 rings (SSSR count). The molecule has 84 valence electrons. The van der Waals surface area contributed by atoms with E-state index < -0.39 is 6.16 Å². The fraction of sp³-hybridized carbons (Fsp3) is 0.889. The molecule has 0 bridgehead atoms. The zero-order valence-electron chi connectivity index (χ0n) is 8.78. The maximum absolute atomic E-state index is 10.8. The fourth-order valence-electron chi connectivity index (χ4n) is 0.680. The first-order valence-corrected chi connectivity index (χ1v) is 4.67. The van der Waals surface area contributed by atoms with Gasteiger partial charge < -0.3 is 18.9 Å². The van der Waals surface area contributed by atoms with Crippen molar-refractivity contribution < 1.29 is 23.7 Å². The van der Waals surface area contributed by atoms with Gasteiger partial charge in [0.2, 0.25) is 0 Å². The van der Waals surface area contributed by atoms with Gasteiger partial charge in [-0.15, -0.1) is 0 Å². The first kappa shape index (κ1) is 13.2. The van der Waals surface area contributed by atoms with Gasteiger partial charge in [0, 0.05) is 13.7 Å². The molecule has 5 heteroatoms. The third kappa shape index (κ3) is 9.28. The van der Waals surface area contributed by atoms with Crippen LogP contribution in [0.5, 0.6) is 0 Å². The molecule has 0 aromatic rings. The van der Waals surface area contributed by atoms with Gasteiger partial charge in [-0.05, 0) is 6.42 Å². The van der Waals surface area contributed by atoms with Gasteiger partial charge in [0.25, 0.3) is 0 Å². The Labute approximate surface area is 84.3 Å². The quantitative estimate of drug-likeness (QED) is 0.441. The van der Waals surface area contributed by atoms with Crippen LogP contribution in [0.25, 0.3) is 0 Å². The minimum Gasteiger partial charge on any atom is -0.432 e. The van der Waals surface area contributed by atoms with Crippen LogP contribution in [0, 0.1) is 0 Å². The second kappa shape index (κ2) is 10.3. The number of carbonyl (C=O) groups excluding carboxylic acids is 1. The Morgan fingerprint density at radius 3 is 2.21 bits per heavy atom. The number of hydrogen-bond acceptors (Lipinski definition) is 5. The van der Waals surface area contributed by atoms with Crippen molar-refractivity contribution in [2.45, 2.75) is 13.3 Å². The normalized spacial score (nSPS) is 9.86. The topological polar surface area (TPSA) is 54.0 Å². The van der Waals surface area contributed by atoms with Crippen molar-refractivity contribution in [3.05, 3.63) is 0 Å². The molecule has 0 heterocycles. The Morgan fingerprint density at radius 2 is 1.64 bits per heavy atom. The maximum atomic E-state index is 10.8. The van der Waals surface area contributed by atoms with E-state index in [9.17, 15) is 4.79 Å². The van der Waals surface area contributed by atoms with Gasteiger partial charge in [0.05, 0.1) is 13.2 Å².